The summed E-state index contributed by atoms with van der Waals surface area (Å²) in [6, 6.07) is 8.61. The molecule has 7 nitrogen and oxygen atoms in total. The second kappa shape index (κ2) is 8.15. The van der Waals surface area contributed by atoms with Crippen LogP contribution >= 0.6 is 11.8 Å². The molecule has 2 N–H and O–H groups in total. The quantitative estimate of drug-likeness (QED) is 0.486. The van der Waals surface area contributed by atoms with Crippen LogP contribution in [0.25, 0.3) is 0 Å². The summed E-state index contributed by atoms with van der Waals surface area (Å²) in [4.78, 5) is 26.7. The van der Waals surface area contributed by atoms with Gasteiger partial charge in [-0.25, -0.2) is 0 Å². The lowest BCUT2D eigenvalue weighted by Gasteiger charge is -2.13. The summed E-state index contributed by atoms with van der Waals surface area (Å²) in [5.41, 5.74) is -1.84. The molecule has 32 heavy (non-hydrogen) atoms. The highest BCUT2D eigenvalue weighted by Crippen LogP contribution is 2.37. The molecular formula is C21H14F3N3O4S. The van der Waals surface area contributed by atoms with Crippen LogP contribution in [0.4, 0.5) is 24.5 Å². The molecule has 4 rings (SSSR count). The van der Waals surface area contributed by atoms with E-state index in [1.807, 2.05) is 6.08 Å². The number of halogens is 3. The minimum absolute atomic E-state index is 0.000606. The number of nitrogens with one attached hydrogen (secondary N) is 1. The van der Waals surface area contributed by atoms with Crippen molar-refractivity contribution in [2.45, 2.75) is 17.5 Å². The SMILES string of the molecule is O=C(Nc1ccc(C2=NC3C=CC(O)=CC3S2)cc1)c1ccc([N+](=O)[O-])c(C(F)(F)F)c1. The Morgan fingerprint density at radius 3 is 2.56 bits per heavy atom. The number of carbonyl (C=O) groups is 1. The Hall–Kier alpha value is -3.60. The molecule has 2 aliphatic rings. The van der Waals surface area contributed by atoms with Gasteiger partial charge in [0, 0.05) is 22.9 Å². The molecule has 11 heteroatoms. The molecule has 0 bridgehead atoms. The van der Waals surface area contributed by atoms with Crippen molar-refractivity contribution >= 4 is 34.1 Å². The van der Waals surface area contributed by atoms with Gasteiger partial charge >= 0.3 is 6.18 Å². The van der Waals surface area contributed by atoms with Gasteiger partial charge in [0.2, 0.25) is 0 Å². The smallest absolute Gasteiger partial charge is 0.423 e. The fourth-order valence-corrected chi connectivity index (χ4v) is 4.46. The molecule has 164 valence electrons. The summed E-state index contributed by atoms with van der Waals surface area (Å²) in [6.07, 6.45) is 0.154. The molecule has 0 saturated heterocycles. The average molecular weight is 461 g/mol. The van der Waals surface area contributed by atoms with Gasteiger partial charge in [-0.3, -0.25) is 19.9 Å². The van der Waals surface area contributed by atoms with E-state index in [1.54, 1.807) is 36.4 Å². The third-order valence-electron chi connectivity index (χ3n) is 4.80. The van der Waals surface area contributed by atoms with E-state index in [-0.39, 0.29) is 22.6 Å². The van der Waals surface area contributed by atoms with Gasteiger partial charge in [0.25, 0.3) is 11.6 Å². The lowest BCUT2D eigenvalue weighted by molar-refractivity contribution is -0.388. The Kier molecular flexibility index (Phi) is 5.51. The van der Waals surface area contributed by atoms with Gasteiger partial charge in [0.15, 0.2) is 0 Å². The molecule has 0 fully saturated rings. The van der Waals surface area contributed by atoms with Crippen LogP contribution in [0.1, 0.15) is 21.5 Å². The second-order valence-electron chi connectivity index (χ2n) is 6.98. The number of nitro benzene ring substituents is 1. The number of nitrogens with zero attached hydrogens (tertiary/aromatic N) is 2. The molecule has 0 spiro atoms. The number of hydrogen-bond acceptors (Lipinski definition) is 6. The molecule has 2 unspecified atom stereocenters. The lowest BCUT2D eigenvalue weighted by Crippen LogP contribution is -2.15. The Morgan fingerprint density at radius 1 is 1.19 bits per heavy atom. The maximum absolute atomic E-state index is 13.1. The van der Waals surface area contributed by atoms with Crippen molar-refractivity contribution in [3.63, 3.8) is 0 Å². The van der Waals surface area contributed by atoms with Crippen molar-refractivity contribution in [3.05, 3.63) is 93.3 Å². The fraction of sp³-hybridized carbons (Fsp3) is 0.143. The van der Waals surface area contributed by atoms with Crippen LogP contribution in [0.5, 0.6) is 0 Å². The molecule has 2 atom stereocenters. The molecule has 1 aliphatic heterocycles. The third-order valence-corrected chi connectivity index (χ3v) is 6.05. The highest BCUT2D eigenvalue weighted by molar-refractivity contribution is 8.15. The van der Waals surface area contributed by atoms with Gasteiger partial charge in [0.05, 0.1) is 21.3 Å². The maximum atomic E-state index is 13.1. The maximum Gasteiger partial charge on any atom is 0.423 e. The normalized spacial score (nSPS) is 19.7. The molecule has 0 aromatic heterocycles. The summed E-state index contributed by atoms with van der Waals surface area (Å²) in [5, 5.41) is 23.7. The van der Waals surface area contributed by atoms with E-state index in [2.05, 4.69) is 10.3 Å². The van der Waals surface area contributed by atoms with Gasteiger partial charge in [-0.05, 0) is 36.4 Å². The molecule has 1 aliphatic carbocycles. The van der Waals surface area contributed by atoms with Crippen molar-refractivity contribution < 1.29 is 28.0 Å². The first kappa shape index (κ1) is 21.6. The molecule has 0 radical (unpaired) electrons. The number of anilines is 1. The van der Waals surface area contributed by atoms with Gasteiger partial charge in [-0.1, -0.05) is 30.0 Å². The summed E-state index contributed by atoms with van der Waals surface area (Å²) in [5.74, 6) is -0.643. The summed E-state index contributed by atoms with van der Waals surface area (Å²) >= 11 is 1.49. The van der Waals surface area contributed by atoms with Crippen LogP contribution in [0.2, 0.25) is 0 Å². The molecule has 2 aromatic rings. The Morgan fingerprint density at radius 2 is 1.91 bits per heavy atom. The number of nitro groups is 1. The van der Waals surface area contributed by atoms with Crippen LogP contribution in [0.15, 0.2) is 71.4 Å². The summed E-state index contributed by atoms with van der Waals surface area (Å²) < 4.78 is 39.4. The van der Waals surface area contributed by atoms with Gasteiger partial charge in [-0.15, -0.1) is 0 Å². The Labute approximate surface area is 183 Å². The largest absolute Gasteiger partial charge is 0.508 e. The number of aliphatic imine (C=N–C) groups is 1. The molecule has 1 amide bonds. The van der Waals surface area contributed by atoms with Crippen LogP contribution in [0.3, 0.4) is 0 Å². The molecular weight excluding hydrogens is 447 g/mol. The number of carbonyl (C=O) groups excluding carboxylic acids is 1. The number of alkyl halides is 3. The van der Waals surface area contributed by atoms with Crippen LogP contribution in [-0.4, -0.2) is 32.3 Å². The van der Waals surface area contributed by atoms with Gasteiger partial charge in [-0.2, -0.15) is 13.2 Å². The van der Waals surface area contributed by atoms with E-state index in [0.29, 0.717) is 17.8 Å². The van der Waals surface area contributed by atoms with Gasteiger partial charge in [0.1, 0.15) is 11.3 Å². The highest BCUT2D eigenvalue weighted by atomic mass is 32.2. The first-order valence-electron chi connectivity index (χ1n) is 9.23. The van der Waals surface area contributed by atoms with E-state index in [9.17, 15) is 33.2 Å². The molecule has 0 saturated carbocycles. The Bertz CT molecular complexity index is 1190. The number of aliphatic hydroxyl groups is 1. The number of thioether (sulfide) groups is 1. The van der Waals surface area contributed by atoms with Gasteiger partial charge < -0.3 is 10.4 Å². The zero-order chi connectivity index (χ0) is 23.0. The zero-order valence-electron chi connectivity index (χ0n) is 16.0. The number of amides is 1. The predicted molar refractivity (Wildman–Crippen MR) is 114 cm³/mol. The third kappa shape index (κ3) is 4.37. The van der Waals surface area contributed by atoms with E-state index in [0.717, 1.165) is 16.7 Å². The first-order chi connectivity index (χ1) is 15.1. The van der Waals surface area contributed by atoms with E-state index in [1.165, 1.54) is 11.8 Å². The van der Waals surface area contributed by atoms with Crippen molar-refractivity contribution in [2.75, 3.05) is 5.32 Å². The van der Waals surface area contributed by atoms with Crippen LogP contribution in [0, 0.1) is 10.1 Å². The summed E-state index contributed by atoms with van der Waals surface area (Å²) in [6.45, 7) is 0. The summed E-state index contributed by atoms with van der Waals surface area (Å²) in [7, 11) is 0. The number of allylic oxidation sites excluding steroid dienone is 1. The topological polar surface area (TPSA) is 105 Å². The van der Waals surface area contributed by atoms with Crippen LogP contribution < -0.4 is 5.32 Å². The number of rotatable bonds is 4. The molecule has 1 heterocycles. The average Bonchev–Trinajstić information content (AvgIpc) is 3.16. The van der Waals surface area contributed by atoms with Crippen molar-refractivity contribution in [1.29, 1.82) is 0 Å². The minimum Gasteiger partial charge on any atom is -0.508 e. The second-order valence-corrected chi connectivity index (χ2v) is 8.14. The highest BCUT2D eigenvalue weighted by Gasteiger charge is 2.39. The monoisotopic (exact) mass is 461 g/mol. The van der Waals surface area contributed by atoms with E-state index in [4.69, 9.17) is 0 Å². The fourth-order valence-electron chi connectivity index (χ4n) is 3.25. The van der Waals surface area contributed by atoms with Crippen LogP contribution in [-0.2, 0) is 6.18 Å². The number of benzene rings is 2. The Balaban J connectivity index is 1.49. The minimum atomic E-state index is -4.97. The zero-order valence-corrected chi connectivity index (χ0v) is 16.9. The lowest BCUT2D eigenvalue weighted by atomic mass is 10.1. The standard InChI is InChI=1S/C21H14F3N3O4S/c22-21(23,24)15-9-12(3-8-17(15)27(30)31)19(29)25-13-4-1-11(2-5-13)20-26-16-7-6-14(28)10-18(16)32-20/h1-10,16,18,28H,(H,25,29). The van der Waals surface area contributed by atoms with E-state index >= 15 is 0 Å². The van der Waals surface area contributed by atoms with E-state index < -0.39 is 28.3 Å². The number of fused-ring (bicyclic) bond motifs is 1. The van der Waals surface area contributed by atoms with Crippen molar-refractivity contribution in [2.24, 2.45) is 4.99 Å². The number of aliphatic hydroxyl groups excluding tert-OH is 1. The first-order valence-corrected chi connectivity index (χ1v) is 10.1. The van der Waals surface area contributed by atoms with Crippen molar-refractivity contribution in [3.8, 4) is 0 Å². The molecule has 2 aromatic carbocycles. The predicted octanol–water partition coefficient (Wildman–Crippen LogP) is 5.11. The number of hydrogen-bond donors (Lipinski definition) is 2. The van der Waals surface area contributed by atoms with Crippen molar-refractivity contribution in [1.82, 2.24) is 0 Å².